The third-order valence-electron chi connectivity index (χ3n) is 3.19. The normalized spacial score (nSPS) is 10.0. The van der Waals surface area contributed by atoms with Crippen LogP contribution in [0.1, 0.15) is 28.8 Å². The standard InChI is InChI=1S/C17H20N2O3.ClH/c1-21-10-2-3-16(20)14-4-6-15(7-5-14)22-17-11-13(12-18)8-9-19-17;/h4-9,11H,2-3,10,12,18H2,1H3;1H. The van der Waals surface area contributed by atoms with Crippen LogP contribution in [-0.2, 0) is 11.3 Å². The summed E-state index contributed by atoms with van der Waals surface area (Å²) >= 11 is 0. The number of Topliss-reactive ketones (excluding diaryl/α,β-unsaturated/α-hetero) is 1. The van der Waals surface area contributed by atoms with Crippen LogP contribution in [0.25, 0.3) is 0 Å². The molecule has 0 spiro atoms. The Balaban J connectivity index is 0.00000264. The third-order valence-corrected chi connectivity index (χ3v) is 3.19. The van der Waals surface area contributed by atoms with Crippen molar-refractivity contribution in [1.29, 1.82) is 0 Å². The zero-order valence-electron chi connectivity index (χ0n) is 13.0. The Morgan fingerprint density at radius 2 is 1.96 bits per heavy atom. The first kappa shape index (κ1) is 19.1. The highest BCUT2D eigenvalue weighted by atomic mass is 35.5. The summed E-state index contributed by atoms with van der Waals surface area (Å²) < 4.78 is 10.6. The Morgan fingerprint density at radius 3 is 2.61 bits per heavy atom. The van der Waals surface area contributed by atoms with Crippen molar-refractivity contribution >= 4 is 18.2 Å². The van der Waals surface area contributed by atoms with Crippen LogP contribution in [-0.4, -0.2) is 24.5 Å². The van der Waals surface area contributed by atoms with Crippen molar-refractivity contribution in [3.05, 3.63) is 53.7 Å². The molecule has 0 aliphatic heterocycles. The van der Waals surface area contributed by atoms with Gasteiger partial charge in [0, 0.05) is 44.5 Å². The van der Waals surface area contributed by atoms with E-state index in [1.807, 2.05) is 6.07 Å². The average Bonchev–Trinajstić information content (AvgIpc) is 2.56. The van der Waals surface area contributed by atoms with E-state index >= 15 is 0 Å². The number of rotatable bonds is 8. The number of ether oxygens (including phenoxy) is 2. The number of ketones is 1. The summed E-state index contributed by atoms with van der Waals surface area (Å²) in [5.74, 6) is 1.23. The number of carbonyl (C=O) groups excluding carboxylic acids is 1. The van der Waals surface area contributed by atoms with E-state index in [0.717, 1.165) is 12.0 Å². The molecule has 23 heavy (non-hydrogen) atoms. The first-order chi connectivity index (χ1) is 10.7. The molecule has 5 nitrogen and oxygen atoms in total. The number of halogens is 1. The fourth-order valence-corrected chi connectivity index (χ4v) is 1.98. The highest BCUT2D eigenvalue weighted by molar-refractivity contribution is 5.96. The molecule has 0 atom stereocenters. The van der Waals surface area contributed by atoms with Gasteiger partial charge in [0.25, 0.3) is 0 Å². The Labute approximate surface area is 142 Å². The maximum absolute atomic E-state index is 12.0. The van der Waals surface area contributed by atoms with Gasteiger partial charge in [-0.25, -0.2) is 4.98 Å². The number of hydrogen-bond acceptors (Lipinski definition) is 5. The molecule has 0 unspecified atom stereocenters. The first-order valence-corrected chi connectivity index (χ1v) is 7.18. The zero-order valence-corrected chi connectivity index (χ0v) is 13.8. The van der Waals surface area contributed by atoms with Gasteiger partial charge in [-0.1, -0.05) is 0 Å². The molecular weight excluding hydrogens is 316 g/mol. The van der Waals surface area contributed by atoms with E-state index in [-0.39, 0.29) is 18.2 Å². The molecule has 6 heteroatoms. The van der Waals surface area contributed by atoms with Gasteiger partial charge in [0.2, 0.25) is 5.88 Å². The minimum Gasteiger partial charge on any atom is -0.439 e. The summed E-state index contributed by atoms with van der Waals surface area (Å²) in [6.07, 6.45) is 2.86. The van der Waals surface area contributed by atoms with Crippen molar-refractivity contribution in [2.24, 2.45) is 5.73 Å². The van der Waals surface area contributed by atoms with Crippen LogP contribution in [0.15, 0.2) is 42.6 Å². The Hall–Kier alpha value is -1.95. The minimum absolute atomic E-state index is 0. The summed E-state index contributed by atoms with van der Waals surface area (Å²) in [4.78, 5) is 16.1. The van der Waals surface area contributed by atoms with E-state index in [2.05, 4.69) is 4.98 Å². The van der Waals surface area contributed by atoms with E-state index in [1.54, 1.807) is 43.6 Å². The van der Waals surface area contributed by atoms with Crippen LogP contribution >= 0.6 is 12.4 Å². The molecule has 0 amide bonds. The first-order valence-electron chi connectivity index (χ1n) is 7.18. The third kappa shape index (κ3) is 5.98. The molecule has 2 rings (SSSR count). The molecule has 0 saturated carbocycles. The molecule has 0 aliphatic rings. The van der Waals surface area contributed by atoms with Gasteiger partial charge in [-0.15, -0.1) is 12.4 Å². The average molecular weight is 337 g/mol. The molecule has 1 aromatic carbocycles. The van der Waals surface area contributed by atoms with Crippen molar-refractivity contribution in [1.82, 2.24) is 4.98 Å². The molecule has 124 valence electrons. The largest absolute Gasteiger partial charge is 0.439 e. The topological polar surface area (TPSA) is 74.4 Å². The zero-order chi connectivity index (χ0) is 15.8. The second kappa shape index (κ2) is 9.94. The lowest BCUT2D eigenvalue weighted by Crippen LogP contribution is -2.01. The van der Waals surface area contributed by atoms with Crippen LogP contribution < -0.4 is 10.5 Å². The number of carbonyl (C=O) groups is 1. The smallest absolute Gasteiger partial charge is 0.219 e. The van der Waals surface area contributed by atoms with Gasteiger partial charge < -0.3 is 15.2 Å². The highest BCUT2D eigenvalue weighted by Gasteiger charge is 2.06. The number of nitrogens with zero attached hydrogens (tertiary/aromatic N) is 1. The Kier molecular flexibility index (Phi) is 8.26. The monoisotopic (exact) mass is 336 g/mol. The minimum atomic E-state index is 0. The number of benzene rings is 1. The molecule has 0 radical (unpaired) electrons. The summed E-state index contributed by atoms with van der Waals surface area (Å²) in [6.45, 7) is 1.03. The fourth-order valence-electron chi connectivity index (χ4n) is 1.98. The summed E-state index contributed by atoms with van der Waals surface area (Å²) in [6, 6.07) is 10.7. The molecule has 0 saturated heterocycles. The van der Waals surface area contributed by atoms with Gasteiger partial charge in [-0.05, 0) is 42.3 Å². The van der Waals surface area contributed by atoms with E-state index in [0.29, 0.717) is 36.8 Å². The van der Waals surface area contributed by atoms with Crippen LogP contribution in [0, 0.1) is 0 Å². The Bertz CT molecular complexity index is 617. The van der Waals surface area contributed by atoms with E-state index in [1.165, 1.54) is 0 Å². The molecule has 1 heterocycles. The summed E-state index contributed by atoms with van der Waals surface area (Å²) in [5.41, 5.74) is 7.21. The van der Waals surface area contributed by atoms with Crippen molar-refractivity contribution in [3.8, 4) is 11.6 Å². The van der Waals surface area contributed by atoms with Gasteiger partial charge in [-0.3, -0.25) is 4.79 Å². The SMILES string of the molecule is COCCCC(=O)c1ccc(Oc2cc(CN)ccn2)cc1.Cl. The summed E-state index contributed by atoms with van der Waals surface area (Å²) in [5, 5.41) is 0. The molecule has 2 aromatic rings. The maximum Gasteiger partial charge on any atom is 0.219 e. The highest BCUT2D eigenvalue weighted by Crippen LogP contribution is 2.21. The molecule has 1 aromatic heterocycles. The predicted molar refractivity (Wildman–Crippen MR) is 91.3 cm³/mol. The van der Waals surface area contributed by atoms with Gasteiger partial charge in [0.15, 0.2) is 5.78 Å². The lowest BCUT2D eigenvalue weighted by Gasteiger charge is -2.07. The van der Waals surface area contributed by atoms with Gasteiger partial charge in [0.05, 0.1) is 0 Å². The predicted octanol–water partition coefficient (Wildman–Crippen LogP) is 3.36. The van der Waals surface area contributed by atoms with Gasteiger partial charge in [-0.2, -0.15) is 0 Å². The Morgan fingerprint density at radius 1 is 1.22 bits per heavy atom. The van der Waals surface area contributed by atoms with Crippen LogP contribution in [0.3, 0.4) is 0 Å². The van der Waals surface area contributed by atoms with Gasteiger partial charge >= 0.3 is 0 Å². The van der Waals surface area contributed by atoms with Crippen molar-refractivity contribution in [3.63, 3.8) is 0 Å². The van der Waals surface area contributed by atoms with E-state index in [9.17, 15) is 4.79 Å². The lowest BCUT2D eigenvalue weighted by atomic mass is 10.1. The van der Waals surface area contributed by atoms with Gasteiger partial charge in [0.1, 0.15) is 5.75 Å². The molecule has 0 fully saturated rings. The molecule has 0 aliphatic carbocycles. The fraction of sp³-hybridized carbons (Fsp3) is 0.294. The van der Waals surface area contributed by atoms with Crippen LogP contribution in [0.5, 0.6) is 11.6 Å². The van der Waals surface area contributed by atoms with Crippen LogP contribution in [0.4, 0.5) is 0 Å². The molecule has 2 N–H and O–H groups in total. The second-order valence-electron chi connectivity index (χ2n) is 4.85. The number of methoxy groups -OCH3 is 1. The van der Waals surface area contributed by atoms with E-state index < -0.39 is 0 Å². The van der Waals surface area contributed by atoms with Crippen molar-refractivity contribution in [2.45, 2.75) is 19.4 Å². The van der Waals surface area contributed by atoms with E-state index in [4.69, 9.17) is 15.2 Å². The van der Waals surface area contributed by atoms with Crippen molar-refractivity contribution in [2.75, 3.05) is 13.7 Å². The van der Waals surface area contributed by atoms with Crippen molar-refractivity contribution < 1.29 is 14.3 Å². The number of aromatic nitrogens is 1. The second-order valence-corrected chi connectivity index (χ2v) is 4.85. The lowest BCUT2D eigenvalue weighted by molar-refractivity contribution is 0.0963. The number of hydrogen-bond donors (Lipinski definition) is 1. The molecular formula is C17H21ClN2O3. The van der Waals surface area contributed by atoms with Crippen LogP contribution in [0.2, 0.25) is 0 Å². The quantitative estimate of drug-likeness (QED) is 0.591. The number of nitrogens with two attached hydrogens (primary N) is 1. The number of pyridine rings is 1. The molecule has 0 bridgehead atoms. The summed E-state index contributed by atoms with van der Waals surface area (Å²) in [7, 11) is 1.63. The maximum atomic E-state index is 12.0.